The number of carbonyl (C=O) groups excluding carboxylic acids is 1. The highest BCUT2D eigenvalue weighted by Gasteiger charge is 2.58. The molecule has 0 spiro atoms. The van der Waals surface area contributed by atoms with Gasteiger partial charge in [-0.05, 0) is 45.1 Å². The van der Waals surface area contributed by atoms with Crippen LogP contribution in [0.5, 0.6) is 0 Å². The van der Waals surface area contributed by atoms with Gasteiger partial charge in [0.1, 0.15) is 5.69 Å². The second-order valence-corrected chi connectivity index (χ2v) is 9.92. The number of amides is 1. The van der Waals surface area contributed by atoms with Crippen molar-refractivity contribution in [3.63, 3.8) is 0 Å². The average Bonchev–Trinajstić information content (AvgIpc) is 3.29. The fourth-order valence-electron chi connectivity index (χ4n) is 5.09. The van der Waals surface area contributed by atoms with E-state index in [9.17, 15) is 36.2 Å². The number of fused-ring (bicyclic) bond motifs is 5. The summed E-state index contributed by atoms with van der Waals surface area (Å²) in [6, 6.07) is 0.489. The fourth-order valence-corrected chi connectivity index (χ4v) is 5.09. The Balaban J connectivity index is 1.91. The molecule has 1 saturated carbocycles. The number of nitrogens with zero attached hydrogens (tertiary/aromatic N) is 4. The summed E-state index contributed by atoms with van der Waals surface area (Å²) in [6.07, 6.45) is -7.12. The monoisotopic (exact) mass is 535 g/mol. The lowest BCUT2D eigenvalue weighted by Crippen LogP contribution is -2.52. The molecule has 1 atom stereocenters. The Morgan fingerprint density at radius 2 is 1.59 bits per heavy atom. The molecule has 4 rings (SSSR count). The van der Waals surface area contributed by atoms with Crippen molar-refractivity contribution in [2.24, 2.45) is 0 Å². The Morgan fingerprint density at radius 1 is 0.973 bits per heavy atom. The number of pyridine rings is 1. The highest BCUT2D eigenvalue weighted by atomic mass is 19.4. The van der Waals surface area contributed by atoms with E-state index in [1.807, 2.05) is 0 Å². The van der Waals surface area contributed by atoms with Crippen molar-refractivity contribution in [2.75, 3.05) is 12.3 Å². The molecular weight excluding hydrogens is 508 g/mol. The zero-order valence-corrected chi connectivity index (χ0v) is 20.0. The molecule has 0 unspecified atom stereocenters. The highest BCUT2D eigenvalue weighted by molar-refractivity contribution is 5.96. The van der Waals surface area contributed by atoms with Crippen LogP contribution in [0.25, 0.3) is 11.6 Å². The number of nitrogens with two attached hydrogens (primary N) is 1. The summed E-state index contributed by atoms with van der Waals surface area (Å²) in [7, 11) is 0. The van der Waals surface area contributed by atoms with Gasteiger partial charge in [-0.25, -0.2) is 4.98 Å². The molecule has 14 heteroatoms. The van der Waals surface area contributed by atoms with Gasteiger partial charge in [0.05, 0.1) is 11.3 Å². The summed E-state index contributed by atoms with van der Waals surface area (Å²) in [5.74, 6) is -2.88. The van der Waals surface area contributed by atoms with Gasteiger partial charge in [0.25, 0.3) is 17.7 Å². The molecule has 3 N–H and O–H groups in total. The molecule has 2 aromatic heterocycles. The second kappa shape index (κ2) is 9.44. The lowest BCUT2D eigenvalue weighted by molar-refractivity contribution is -0.277. The fraction of sp³-hybridized carbons (Fsp3) is 0.652. The number of hydrogen-bond acceptors (Lipinski definition) is 7. The van der Waals surface area contributed by atoms with Gasteiger partial charge < -0.3 is 20.2 Å². The van der Waals surface area contributed by atoms with E-state index in [2.05, 4.69) is 15.2 Å². The van der Waals surface area contributed by atoms with Crippen molar-refractivity contribution in [2.45, 2.75) is 88.2 Å². The van der Waals surface area contributed by atoms with Gasteiger partial charge in [-0.3, -0.25) is 4.79 Å². The van der Waals surface area contributed by atoms with E-state index in [0.717, 1.165) is 19.3 Å². The number of carbonyl (C=O) groups is 1. The predicted octanol–water partition coefficient (Wildman–Crippen LogP) is 5.22. The molecule has 3 heterocycles. The Hall–Kier alpha value is -2.90. The Labute approximate surface area is 208 Å². The average molecular weight is 535 g/mol. The quantitative estimate of drug-likeness (QED) is 0.481. The summed E-state index contributed by atoms with van der Waals surface area (Å²) >= 11 is 0. The largest absolute Gasteiger partial charge is 0.426 e. The van der Waals surface area contributed by atoms with Crippen molar-refractivity contribution >= 4 is 11.6 Å². The minimum Gasteiger partial charge on any atom is -0.416 e. The number of hydrogen-bond donors (Lipinski definition) is 2. The number of halogens is 6. The predicted molar refractivity (Wildman–Crippen MR) is 118 cm³/mol. The van der Waals surface area contributed by atoms with Gasteiger partial charge >= 0.3 is 12.4 Å². The van der Waals surface area contributed by atoms with Crippen LogP contribution in [0.2, 0.25) is 0 Å². The molecule has 4 bridgehead atoms. The number of aliphatic hydroxyl groups is 1. The molecular formula is C23H27F6N5O3. The third-order valence-electron chi connectivity index (χ3n) is 7.26. The molecule has 8 nitrogen and oxygen atoms in total. The summed E-state index contributed by atoms with van der Waals surface area (Å²) in [5.41, 5.74) is -2.00. The van der Waals surface area contributed by atoms with E-state index >= 15 is 0 Å². The van der Waals surface area contributed by atoms with Crippen molar-refractivity contribution in [1.29, 1.82) is 0 Å². The maximum Gasteiger partial charge on any atom is 0.426 e. The van der Waals surface area contributed by atoms with Crippen LogP contribution >= 0.6 is 0 Å². The van der Waals surface area contributed by atoms with Crippen LogP contribution in [0.4, 0.5) is 32.0 Å². The molecule has 2 aliphatic rings. The molecule has 37 heavy (non-hydrogen) atoms. The molecule has 2 aromatic rings. The van der Waals surface area contributed by atoms with Gasteiger partial charge in [0.2, 0.25) is 5.60 Å². The van der Waals surface area contributed by atoms with E-state index in [-0.39, 0.29) is 25.8 Å². The van der Waals surface area contributed by atoms with E-state index in [0.29, 0.717) is 18.9 Å². The smallest absolute Gasteiger partial charge is 0.416 e. The zero-order chi connectivity index (χ0) is 27.2. The van der Waals surface area contributed by atoms with Gasteiger partial charge in [0, 0.05) is 12.1 Å². The van der Waals surface area contributed by atoms with Crippen LogP contribution in [0.15, 0.2) is 10.5 Å². The van der Waals surface area contributed by atoms with Crippen LogP contribution in [0.3, 0.4) is 0 Å². The first kappa shape index (κ1) is 27.1. The van der Waals surface area contributed by atoms with E-state index < -0.39 is 70.2 Å². The summed E-state index contributed by atoms with van der Waals surface area (Å²) in [4.78, 5) is 18.9. The van der Waals surface area contributed by atoms with Crippen LogP contribution < -0.4 is 5.73 Å². The van der Waals surface area contributed by atoms with Gasteiger partial charge in [-0.1, -0.05) is 25.7 Å². The van der Waals surface area contributed by atoms with Crippen LogP contribution in [0, 0.1) is 0 Å². The van der Waals surface area contributed by atoms with Crippen molar-refractivity contribution < 1.29 is 40.7 Å². The van der Waals surface area contributed by atoms with E-state index in [1.165, 1.54) is 4.90 Å². The van der Waals surface area contributed by atoms with Gasteiger partial charge in [-0.2, -0.15) is 26.3 Å². The molecule has 1 aliphatic heterocycles. The molecule has 0 aromatic carbocycles. The van der Waals surface area contributed by atoms with Crippen molar-refractivity contribution in [3.05, 3.63) is 23.2 Å². The summed E-state index contributed by atoms with van der Waals surface area (Å²) in [5, 5.41) is 17.3. The number of aromatic nitrogens is 3. The van der Waals surface area contributed by atoms with Crippen molar-refractivity contribution in [1.82, 2.24) is 20.1 Å². The molecule has 1 aliphatic carbocycles. The normalized spacial score (nSPS) is 23.6. The minimum absolute atomic E-state index is 0.0108. The standard InChI is InChI=1S/C23H27F6N5O3/c1-20(8-4-2-5-9-20)34-11-7-3-6-10-21(36,23(27,28)29)19-33-32-17(37-19)16-14(30)12-13(22(24,25)26)15(31-16)18(34)35/h12,36H,2-11,30H2,1H3/t21-/m1/s1. The second-order valence-electron chi connectivity index (χ2n) is 9.92. The SMILES string of the molecule is CC1(N2CCCCC[C@](O)(C(F)(F)F)c3nnc(o3)-c3nc(c(C(F)(F)F)cc3N)C2=O)CCCCC1. The maximum atomic E-state index is 14.0. The Bertz CT molecular complexity index is 1160. The summed E-state index contributed by atoms with van der Waals surface area (Å²) < 4.78 is 88.7. The zero-order valence-electron chi connectivity index (χ0n) is 20.0. The highest BCUT2D eigenvalue weighted by Crippen LogP contribution is 2.44. The summed E-state index contributed by atoms with van der Waals surface area (Å²) in [6.45, 7) is 1.81. The first-order valence-electron chi connectivity index (χ1n) is 12.0. The molecule has 0 saturated heterocycles. The Morgan fingerprint density at radius 3 is 2.22 bits per heavy atom. The lowest BCUT2D eigenvalue weighted by Gasteiger charge is -2.44. The number of nitrogen functional groups attached to an aromatic ring is 1. The third-order valence-corrected chi connectivity index (χ3v) is 7.26. The van der Waals surface area contributed by atoms with Crippen molar-refractivity contribution in [3.8, 4) is 11.6 Å². The van der Waals surface area contributed by atoms with Gasteiger partial charge in [0.15, 0.2) is 5.69 Å². The first-order valence-corrected chi connectivity index (χ1v) is 12.0. The van der Waals surface area contributed by atoms with E-state index in [4.69, 9.17) is 10.2 Å². The lowest BCUT2D eigenvalue weighted by atomic mass is 9.81. The molecule has 1 amide bonds. The third kappa shape index (κ3) is 4.99. The minimum atomic E-state index is -5.17. The number of rotatable bonds is 1. The van der Waals surface area contributed by atoms with E-state index in [1.54, 1.807) is 6.92 Å². The maximum absolute atomic E-state index is 14.0. The van der Waals surface area contributed by atoms with Crippen LogP contribution in [0.1, 0.15) is 86.7 Å². The molecule has 1 fully saturated rings. The van der Waals surface area contributed by atoms with Crippen LogP contribution in [-0.2, 0) is 11.8 Å². The Kier molecular flexibility index (Phi) is 6.93. The number of alkyl halides is 6. The topological polar surface area (TPSA) is 118 Å². The van der Waals surface area contributed by atoms with Gasteiger partial charge in [-0.15, -0.1) is 10.2 Å². The number of anilines is 1. The first-order chi connectivity index (χ1) is 17.2. The molecule has 204 valence electrons. The molecule has 0 radical (unpaired) electrons. The van der Waals surface area contributed by atoms with Crippen LogP contribution in [-0.4, -0.2) is 49.4 Å².